The van der Waals surface area contributed by atoms with E-state index in [1.54, 1.807) is 21.0 Å². The predicted octanol–water partition coefficient (Wildman–Crippen LogP) is 1.55. The quantitative estimate of drug-likeness (QED) is 0.436. The molecular weight excluding hydrogens is 274 g/mol. The minimum Gasteiger partial charge on any atom is -0.308 e. The van der Waals surface area contributed by atoms with E-state index in [-0.39, 0.29) is 5.91 Å². The molecule has 114 valence electrons. The number of carbonyl (C=O) groups excluding carboxylic acids is 1. The topological polar surface area (TPSA) is 85.7 Å². The highest BCUT2D eigenvalue weighted by molar-refractivity contribution is 6.18. The van der Waals surface area contributed by atoms with E-state index >= 15 is 0 Å². The molecule has 19 heavy (non-hydrogen) atoms. The van der Waals surface area contributed by atoms with Crippen molar-refractivity contribution in [1.29, 1.82) is 0 Å². The largest absolute Gasteiger partial charge is 0.308 e. The summed E-state index contributed by atoms with van der Waals surface area (Å²) in [6.45, 7) is 2.64. The predicted molar refractivity (Wildman–Crippen MR) is 77.6 cm³/mol. The Hall–Kier alpha value is -1.28. The van der Waals surface area contributed by atoms with Crippen molar-refractivity contribution in [3.8, 4) is 0 Å². The van der Waals surface area contributed by atoms with E-state index in [0.717, 1.165) is 17.4 Å². The number of nitrogens with zero attached hydrogens (tertiary/aromatic N) is 5. The van der Waals surface area contributed by atoms with Gasteiger partial charge in [0.1, 0.15) is 0 Å². The summed E-state index contributed by atoms with van der Waals surface area (Å²) < 4.78 is 0. The van der Waals surface area contributed by atoms with Gasteiger partial charge in [-0.25, -0.2) is 5.01 Å². The second-order valence-corrected chi connectivity index (χ2v) is 4.15. The molecule has 0 aliphatic rings. The molecule has 0 heterocycles. The van der Waals surface area contributed by atoms with Crippen molar-refractivity contribution in [3.63, 3.8) is 0 Å². The zero-order valence-electron chi connectivity index (χ0n) is 12.5. The maximum Gasteiger partial charge on any atom is 0.244 e. The Morgan fingerprint density at radius 1 is 1.05 bits per heavy atom. The fourth-order valence-electron chi connectivity index (χ4n) is 0.443. The highest BCUT2D eigenvalue weighted by Crippen LogP contribution is 1.87. The molecule has 1 amide bonds. The average Bonchev–Trinajstić information content (AvgIpc) is 2.38. The van der Waals surface area contributed by atoms with Crippen LogP contribution in [0.15, 0.2) is 10.6 Å². The van der Waals surface area contributed by atoms with E-state index in [1.165, 1.54) is 12.1 Å². The maximum absolute atomic E-state index is 10.4. The Labute approximate surface area is 119 Å². The highest BCUT2D eigenvalue weighted by atomic mass is 35.5. The van der Waals surface area contributed by atoms with Crippen LogP contribution in [0.5, 0.6) is 0 Å². The molecule has 0 saturated carbocycles. The lowest BCUT2D eigenvalue weighted by molar-refractivity contribution is -0.129. The van der Waals surface area contributed by atoms with Gasteiger partial charge in [-0.05, 0) is 14.1 Å². The fourth-order valence-corrected chi connectivity index (χ4v) is 0.781. The number of halogens is 1. The Morgan fingerprint density at radius 3 is 1.53 bits per heavy atom. The number of hydrogen-bond donors (Lipinski definition) is 0. The first-order chi connectivity index (χ1) is 8.76. The first kappa shape index (κ1) is 22.9. The van der Waals surface area contributed by atoms with Crippen molar-refractivity contribution in [2.75, 3.05) is 47.7 Å². The van der Waals surface area contributed by atoms with Crippen LogP contribution in [0.4, 0.5) is 0 Å². The lowest BCUT2D eigenvalue weighted by Gasteiger charge is -2.02. The van der Waals surface area contributed by atoms with Gasteiger partial charge in [0.15, 0.2) is 0 Å². The van der Waals surface area contributed by atoms with Gasteiger partial charge in [0, 0.05) is 40.0 Å². The van der Waals surface area contributed by atoms with Gasteiger partial charge >= 0.3 is 0 Å². The Morgan fingerprint density at radius 2 is 1.47 bits per heavy atom. The fraction of sp³-hybridized carbons (Fsp3) is 0.900. The van der Waals surface area contributed by atoms with Crippen LogP contribution in [-0.4, -0.2) is 68.5 Å². The molecule has 0 aromatic heterocycles. The molecule has 0 atom stereocenters. The van der Waals surface area contributed by atoms with E-state index in [2.05, 4.69) is 10.6 Å². The summed E-state index contributed by atoms with van der Waals surface area (Å²) in [5.74, 6) is 0.465. The summed E-state index contributed by atoms with van der Waals surface area (Å²) in [6.07, 6.45) is 0.322. The second-order valence-electron chi connectivity index (χ2n) is 3.77. The van der Waals surface area contributed by atoms with Crippen LogP contribution in [0.1, 0.15) is 13.3 Å². The maximum atomic E-state index is 10.4. The molecule has 0 unspecified atom stereocenters. The van der Waals surface area contributed by atoms with Crippen LogP contribution >= 0.6 is 11.6 Å². The zero-order valence-corrected chi connectivity index (χ0v) is 13.2. The Bertz CT molecular complexity index is 239. The summed E-state index contributed by atoms with van der Waals surface area (Å²) in [6, 6.07) is 0. The van der Waals surface area contributed by atoms with Crippen LogP contribution in [-0.2, 0) is 4.79 Å². The van der Waals surface area contributed by atoms with Crippen molar-refractivity contribution in [3.05, 3.63) is 9.81 Å². The number of nitroso groups, excluding NO2 is 2. The minimum atomic E-state index is -0.264. The molecule has 0 fully saturated rings. The summed E-state index contributed by atoms with van der Waals surface area (Å²) in [7, 11) is 8.49. The molecule has 0 aromatic carbocycles. The van der Waals surface area contributed by atoms with Gasteiger partial charge in [-0.15, -0.1) is 21.4 Å². The van der Waals surface area contributed by atoms with E-state index < -0.39 is 0 Å². The molecular formula is C10H24ClN5O3. The number of amides is 1. The smallest absolute Gasteiger partial charge is 0.244 e. The zero-order chi connectivity index (χ0) is 15.8. The molecule has 8 nitrogen and oxygen atoms in total. The SMILES string of the molecule is CCC(=O)N(C)N=O.CN(C)CCCl.CN(C)N=O. The molecule has 0 saturated heterocycles. The van der Waals surface area contributed by atoms with Crippen LogP contribution in [0.3, 0.4) is 0 Å². The summed E-state index contributed by atoms with van der Waals surface area (Å²) in [5, 5.41) is 6.84. The van der Waals surface area contributed by atoms with Gasteiger partial charge in [-0.1, -0.05) is 6.92 Å². The highest BCUT2D eigenvalue weighted by Gasteiger charge is 2.02. The monoisotopic (exact) mass is 297 g/mol. The van der Waals surface area contributed by atoms with Crippen LogP contribution in [0.25, 0.3) is 0 Å². The summed E-state index contributed by atoms with van der Waals surface area (Å²) >= 11 is 5.35. The first-order valence-corrected chi connectivity index (χ1v) is 6.11. The number of alkyl halides is 1. The van der Waals surface area contributed by atoms with Gasteiger partial charge < -0.3 is 4.90 Å². The molecule has 0 bridgehead atoms. The van der Waals surface area contributed by atoms with Crippen LogP contribution < -0.4 is 0 Å². The number of carbonyl (C=O) groups is 1. The summed E-state index contributed by atoms with van der Waals surface area (Å²) in [5.41, 5.74) is 0. The van der Waals surface area contributed by atoms with Crippen molar-refractivity contribution in [1.82, 2.24) is 14.9 Å². The third-order valence-corrected chi connectivity index (χ3v) is 1.65. The molecule has 9 heteroatoms. The molecule has 0 N–H and O–H groups in total. The lowest BCUT2D eigenvalue weighted by Crippen LogP contribution is -2.18. The van der Waals surface area contributed by atoms with Crippen LogP contribution in [0, 0.1) is 9.81 Å². The third-order valence-electron chi connectivity index (χ3n) is 1.48. The standard InChI is InChI=1S/C4H10ClN.C4H8N2O2.C2H6N2O/c1-6(2)4-3-5;1-3-4(7)6(2)5-8;1-4(2)3-5/h3-4H2,1-2H3;3H2,1-2H3;1-2H3. The Kier molecular flexibility index (Phi) is 20.1. The average molecular weight is 298 g/mol. The summed E-state index contributed by atoms with van der Waals surface area (Å²) in [4.78, 5) is 31.2. The van der Waals surface area contributed by atoms with Gasteiger partial charge in [0.05, 0.1) is 10.6 Å². The van der Waals surface area contributed by atoms with Gasteiger partial charge in [0.2, 0.25) is 5.91 Å². The molecule has 0 radical (unpaired) electrons. The van der Waals surface area contributed by atoms with Gasteiger partial charge in [0.25, 0.3) is 0 Å². The molecule has 0 spiro atoms. The van der Waals surface area contributed by atoms with E-state index in [9.17, 15) is 14.6 Å². The van der Waals surface area contributed by atoms with Crippen molar-refractivity contribution in [2.24, 2.45) is 10.6 Å². The lowest BCUT2D eigenvalue weighted by atomic mass is 10.5. The normalized spacial score (nSPS) is 8.42. The second kappa shape index (κ2) is 16.7. The van der Waals surface area contributed by atoms with Crippen molar-refractivity contribution < 1.29 is 4.79 Å². The molecule has 0 aromatic rings. The van der Waals surface area contributed by atoms with E-state index in [4.69, 9.17) is 11.6 Å². The van der Waals surface area contributed by atoms with E-state index in [1.807, 2.05) is 19.0 Å². The third kappa shape index (κ3) is 26.4. The first-order valence-electron chi connectivity index (χ1n) is 5.57. The minimum absolute atomic E-state index is 0.264. The van der Waals surface area contributed by atoms with E-state index in [0.29, 0.717) is 6.42 Å². The molecule has 0 aliphatic heterocycles. The number of hydrogen-bond acceptors (Lipinski definition) is 6. The van der Waals surface area contributed by atoms with Gasteiger partial charge in [-0.3, -0.25) is 9.80 Å². The van der Waals surface area contributed by atoms with Crippen LogP contribution in [0.2, 0.25) is 0 Å². The molecule has 0 rings (SSSR count). The van der Waals surface area contributed by atoms with Crippen molar-refractivity contribution >= 4 is 17.5 Å². The Balaban J connectivity index is -0.000000209. The molecule has 0 aliphatic carbocycles. The number of rotatable bonds is 5. The van der Waals surface area contributed by atoms with Gasteiger partial charge in [-0.2, -0.15) is 0 Å². The van der Waals surface area contributed by atoms with Crippen molar-refractivity contribution in [2.45, 2.75) is 13.3 Å².